The van der Waals surface area contributed by atoms with E-state index in [1.54, 1.807) is 23.9 Å². The summed E-state index contributed by atoms with van der Waals surface area (Å²) in [6.07, 6.45) is 3.44. The highest BCUT2D eigenvalue weighted by atomic mass is 16.6. The van der Waals surface area contributed by atoms with Crippen LogP contribution in [0.1, 0.15) is 39.5 Å². The van der Waals surface area contributed by atoms with Crippen LogP contribution < -0.4 is 10.6 Å². The summed E-state index contributed by atoms with van der Waals surface area (Å²) in [5, 5.41) is 7.03. The zero-order valence-electron chi connectivity index (χ0n) is 19.7. The molecule has 0 atom stereocenters. The Morgan fingerprint density at radius 1 is 1.06 bits per heavy atom. The minimum atomic E-state index is -0.244. The van der Waals surface area contributed by atoms with Gasteiger partial charge in [0.05, 0.1) is 6.61 Å². The van der Waals surface area contributed by atoms with Crippen molar-refractivity contribution in [3.8, 4) is 0 Å². The fraction of sp³-hybridized carbons (Fsp3) is 0.773. The summed E-state index contributed by atoms with van der Waals surface area (Å²) < 4.78 is 5.10. The molecule has 0 aromatic carbocycles. The summed E-state index contributed by atoms with van der Waals surface area (Å²) in [5.41, 5.74) is 1.19. The summed E-state index contributed by atoms with van der Waals surface area (Å²) in [7, 11) is 3.47. The lowest BCUT2D eigenvalue weighted by Crippen LogP contribution is -2.53. The molecule has 2 N–H and O–H groups in total. The molecular weight excluding hydrogens is 396 g/mol. The summed E-state index contributed by atoms with van der Waals surface area (Å²) in [5.74, 6) is 0.651. The first-order valence-corrected chi connectivity index (χ1v) is 11.3. The first-order valence-electron chi connectivity index (χ1n) is 11.3. The maximum Gasteiger partial charge on any atom is 0.409 e. The molecule has 0 radical (unpaired) electrons. The highest BCUT2D eigenvalue weighted by Gasteiger charge is 2.25. The predicted octanol–water partition coefficient (Wildman–Crippen LogP) is 1.27. The van der Waals surface area contributed by atoms with E-state index in [0.717, 1.165) is 45.3 Å². The van der Waals surface area contributed by atoms with Crippen molar-refractivity contribution in [2.45, 2.75) is 51.6 Å². The lowest BCUT2D eigenvalue weighted by atomic mass is 10.0. The van der Waals surface area contributed by atoms with Gasteiger partial charge in [-0.25, -0.2) is 9.79 Å². The van der Waals surface area contributed by atoms with Crippen molar-refractivity contribution < 1.29 is 14.3 Å². The third-order valence-corrected chi connectivity index (χ3v) is 5.65. The number of aliphatic imine (C=N–C) groups is 1. The van der Waals surface area contributed by atoms with Crippen LogP contribution in [0.25, 0.3) is 0 Å². The van der Waals surface area contributed by atoms with Crippen LogP contribution in [0.2, 0.25) is 0 Å². The normalized spacial score (nSPS) is 19.1. The number of hydrogen-bond acceptors (Lipinski definition) is 5. The van der Waals surface area contributed by atoms with Gasteiger partial charge in [0, 0.05) is 58.9 Å². The van der Waals surface area contributed by atoms with Gasteiger partial charge in [-0.2, -0.15) is 0 Å². The number of piperidine rings is 2. The molecule has 0 aromatic rings. The van der Waals surface area contributed by atoms with Gasteiger partial charge >= 0.3 is 6.09 Å². The van der Waals surface area contributed by atoms with E-state index in [4.69, 9.17) is 4.74 Å². The molecule has 0 bridgehead atoms. The molecule has 2 fully saturated rings. The number of ether oxygens (including phenoxy) is 1. The molecule has 2 amide bonds. The van der Waals surface area contributed by atoms with Crippen LogP contribution in [0.5, 0.6) is 0 Å². The third-order valence-electron chi connectivity index (χ3n) is 5.65. The van der Waals surface area contributed by atoms with Crippen LogP contribution in [0.4, 0.5) is 4.79 Å². The Bertz CT molecular complexity index is 635. The number of carbonyl (C=O) groups excluding carboxylic acids is 2. The Hall–Kier alpha value is -2.29. The van der Waals surface area contributed by atoms with Crippen LogP contribution in [-0.2, 0) is 9.53 Å². The summed E-state index contributed by atoms with van der Waals surface area (Å²) >= 11 is 0. The number of amides is 2. The monoisotopic (exact) mass is 436 g/mol. The Labute approximate surface area is 186 Å². The smallest absolute Gasteiger partial charge is 0.409 e. The Morgan fingerprint density at radius 3 is 2.10 bits per heavy atom. The van der Waals surface area contributed by atoms with Crippen LogP contribution in [0.3, 0.4) is 0 Å². The van der Waals surface area contributed by atoms with E-state index in [2.05, 4.69) is 34.0 Å². The van der Waals surface area contributed by atoms with Gasteiger partial charge in [-0.3, -0.25) is 9.69 Å². The molecule has 0 unspecified atom stereocenters. The quantitative estimate of drug-likeness (QED) is 0.355. The van der Waals surface area contributed by atoms with E-state index in [1.165, 1.54) is 5.57 Å². The van der Waals surface area contributed by atoms with Gasteiger partial charge in [-0.05, 0) is 39.5 Å². The van der Waals surface area contributed by atoms with Gasteiger partial charge in [0.2, 0.25) is 5.91 Å². The van der Waals surface area contributed by atoms with Gasteiger partial charge < -0.3 is 25.2 Å². The van der Waals surface area contributed by atoms with Crippen molar-refractivity contribution >= 4 is 18.0 Å². The fourth-order valence-electron chi connectivity index (χ4n) is 3.85. The van der Waals surface area contributed by atoms with E-state index in [-0.39, 0.29) is 24.6 Å². The molecule has 2 saturated heterocycles. The van der Waals surface area contributed by atoms with Crippen molar-refractivity contribution in [3.05, 3.63) is 12.2 Å². The molecule has 0 saturated carbocycles. The van der Waals surface area contributed by atoms with Gasteiger partial charge in [0.15, 0.2) is 5.96 Å². The molecule has 31 heavy (non-hydrogen) atoms. The second-order valence-electron chi connectivity index (χ2n) is 8.71. The van der Waals surface area contributed by atoms with Crippen molar-refractivity contribution in [1.29, 1.82) is 0 Å². The summed E-state index contributed by atoms with van der Waals surface area (Å²) in [4.78, 5) is 34.2. The van der Waals surface area contributed by atoms with Gasteiger partial charge in [-0.1, -0.05) is 12.2 Å². The zero-order chi connectivity index (χ0) is 22.8. The SMILES string of the molecule is C=C(C)CN1CCC(NC(=NCC(=O)N(C)C)NC2CCN(C(=O)OCC)CC2)CC1. The van der Waals surface area contributed by atoms with Gasteiger partial charge in [0.25, 0.3) is 0 Å². The number of likely N-dealkylation sites (N-methyl/N-ethyl adjacent to an activating group) is 1. The van der Waals surface area contributed by atoms with Gasteiger partial charge in [-0.15, -0.1) is 0 Å². The Balaban J connectivity index is 1.90. The number of guanidine groups is 1. The van der Waals surface area contributed by atoms with Crippen LogP contribution in [0.15, 0.2) is 17.1 Å². The molecule has 2 aliphatic heterocycles. The van der Waals surface area contributed by atoms with E-state index in [1.807, 2.05) is 6.92 Å². The average molecular weight is 437 g/mol. The second-order valence-corrected chi connectivity index (χ2v) is 8.71. The highest BCUT2D eigenvalue weighted by molar-refractivity contribution is 5.85. The van der Waals surface area contributed by atoms with E-state index >= 15 is 0 Å². The van der Waals surface area contributed by atoms with Gasteiger partial charge in [0.1, 0.15) is 6.54 Å². The fourth-order valence-corrected chi connectivity index (χ4v) is 3.85. The van der Waals surface area contributed by atoms with E-state index in [0.29, 0.717) is 31.7 Å². The van der Waals surface area contributed by atoms with E-state index < -0.39 is 0 Å². The number of nitrogens with one attached hydrogen (secondary N) is 2. The molecule has 9 nitrogen and oxygen atoms in total. The number of hydrogen-bond donors (Lipinski definition) is 2. The number of nitrogens with zero attached hydrogens (tertiary/aromatic N) is 4. The van der Waals surface area contributed by atoms with Crippen LogP contribution in [-0.4, -0.2) is 105 Å². The molecule has 2 aliphatic rings. The molecule has 2 rings (SSSR count). The third kappa shape index (κ3) is 8.77. The molecule has 0 aromatic heterocycles. The first-order chi connectivity index (χ1) is 14.8. The van der Waals surface area contributed by atoms with Crippen molar-refractivity contribution in [3.63, 3.8) is 0 Å². The molecule has 176 valence electrons. The predicted molar refractivity (Wildman–Crippen MR) is 123 cm³/mol. The zero-order valence-corrected chi connectivity index (χ0v) is 19.7. The molecular formula is C22H40N6O3. The first kappa shape index (κ1) is 25.0. The molecule has 2 heterocycles. The lowest BCUT2D eigenvalue weighted by molar-refractivity contribution is -0.127. The van der Waals surface area contributed by atoms with Crippen molar-refractivity contribution in [1.82, 2.24) is 25.3 Å². The largest absolute Gasteiger partial charge is 0.450 e. The summed E-state index contributed by atoms with van der Waals surface area (Å²) in [6, 6.07) is 0.525. The molecule has 9 heteroatoms. The Kier molecular flexibility index (Phi) is 10.1. The van der Waals surface area contributed by atoms with Crippen molar-refractivity contribution in [2.75, 3.05) is 60.0 Å². The maximum atomic E-state index is 12.0. The maximum absolute atomic E-state index is 12.0. The van der Waals surface area contributed by atoms with Crippen molar-refractivity contribution in [2.24, 2.45) is 4.99 Å². The number of carbonyl (C=O) groups is 2. The standard InChI is InChI=1S/C22H40N6O3/c1-6-31-22(30)28-13-9-19(10-14-28)25-21(23-15-20(29)26(4)5)24-18-7-11-27(12-8-18)16-17(2)3/h18-19H,2,6-16H2,1,3-5H3,(H2,23,24,25). The van der Waals surface area contributed by atoms with Crippen LogP contribution >= 0.6 is 0 Å². The summed E-state index contributed by atoms with van der Waals surface area (Å²) in [6.45, 7) is 12.7. The topological polar surface area (TPSA) is 89.5 Å². The number of likely N-dealkylation sites (tertiary alicyclic amines) is 2. The minimum Gasteiger partial charge on any atom is -0.450 e. The average Bonchev–Trinajstić information content (AvgIpc) is 2.73. The number of rotatable bonds is 7. The van der Waals surface area contributed by atoms with E-state index in [9.17, 15) is 9.59 Å². The lowest BCUT2D eigenvalue weighted by Gasteiger charge is -2.35. The second kappa shape index (κ2) is 12.5. The van der Waals surface area contributed by atoms with Crippen LogP contribution in [0, 0.1) is 0 Å². The molecule has 0 aliphatic carbocycles. The molecule has 0 spiro atoms. The highest BCUT2D eigenvalue weighted by Crippen LogP contribution is 2.13. The minimum absolute atomic E-state index is 0.0329. The Morgan fingerprint density at radius 2 is 1.61 bits per heavy atom.